The fraction of sp³-hybridized carbons (Fsp3) is 0.625. The average molecular weight is 446 g/mol. The van der Waals surface area contributed by atoms with E-state index >= 15 is 0 Å². The molecule has 4 aliphatic rings. The Morgan fingerprint density at radius 2 is 2.00 bits per heavy atom. The van der Waals surface area contributed by atoms with Gasteiger partial charge >= 0.3 is 0 Å². The zero-order valence-electron chi connectivity index (χ0n) is 18.2. The Balaban J connectivity index is 1.29. The summed E-state index contributed by atoms with van der Waals surface area (Å²) in [5, 5.41) is 10.5. The lowest BCUT2D eigenvalue weighted by Crippen LogP contribution is -2.51. The van der Waals surface area contributed by atoms with Crippen molar-refractivity contribution in [3.8, 4) is 5.75 Å². The Morgan fingerprint density at radius 1 is 1.19 bits per heavy atom. The lowest BCUT2D eigenvalue weighted by molar-refractivity contribution is 0.0257. The van der Waals surface area contributed by atoms with Crippen molar-refractivity contribution in [2.24, 2.45) is 10.4 Å². The lowest BCUT2D eigenvalue weighted by atomic mass is 9.92. The summed E-state index contributed by atoms with van der Waals surface area (Å²) in [6, 6.07) is 6.13. The van der Waals surface area contributed by atoms with Crippen molar-refractivity contribution in [1.29, 1.82) is 0 Å². The van der Waals surface area contributed by atoms with Crippen LogP contribution in [0.15, 0.2) is 35.5 Å². The largest absolute Gasteiger partial charge is 0.495 e. The van der Waals surface area contributed by atoms with E-state index in [2.05, 4.69) is 16.0 Å². The van der Waals surface area contributed by atoms with Gasteiger partial charge in [0.05, 0.1) is 18.2 Å². The molecule has 31 heavy (non-hydrogen) atoms. The van der Waals surface area contributed by atoms with Crippen LogP contribution in [0.1, 0.15) is 50.5 Å². The van der Waals surface area contributed by atoms with Crippen molar-refractivity contribution in [2.75, 3.05) is 20.2 Å². The Hall–Kier alpha value is -1.76. The summed E-state index contributed by atoms with van der Waals surface area (Å²) in [6.45, 7) is 2.64. The summed E-state index contributed by atoms with van der Waals surface area (Å²) in [7, 11) is 1.61. The highest BCUT2D eigenvalue weighted by Gasteiger charge is 2.50. The second kappa shape index (κ2) is 8.64. The second-order valence-corrected chi connectivity index (χ2v) is 9.92. The Kier molecular flexibility index (Phi) is 5.88. The highest BCUT2D eigenvalue weighted by Crippen LogP contribution is 2.53. The molecule has 5 rings (SSSR count). The van der Waals surface area contributed by atoms with Crippen LogP contribution in [0.25, 0.3) is 0 Å². The normalized spacial score (nSPS) is 29.8. The van der Waals surface area contributed by atoms with E-state index < -0.39 is 0 Å². The van der Waals surface area contributed by atoms with E-state index in [1.165, 1.54) is 19.3 Å². The molecule has 2 aliphatic carbocycles. The first-order valence-electron chi connectivity index (χ1n) is 11.5. The van der Waals surface area contributed by atoms with Crippen molar-refractivity contribution < 1.29 is 14.6 Å². The lowest BCUT2D eigenvalue weighted by Gasteiger charge is -2.43. The molecule has 0 radical (unpaired) electrons. The number of halogens is 1. The standard InChI is InChI=1S/C24H32ClN3O3/c1-30-21-7-2-17(14-20(21)25)15-31-22-8-12-28(18-3-5-19(29)6-4-18)23(26-22)27-13-11-24(16-27)9-10-24/h2,7-8,12,14,18-19,23,29H,3-6,9-11,13,15-16H2,1H3. The number of aliphatic hydroxyl groups excluding tert-OH is 1. The van der Waals surface area contributed by atoms with Gasteiger partial charge in [-0.3, -0.25) is 4.90 Å². The molecule has 1 N–H and O–H groups in total. The van der Waals surface area contributed by atoms with Gasteiger partial charge in [-0.15, -0.1) is 0 Å². The van der Waals surface area contributed by atoms with Crippen molar-refractivity contribution in [2.45, 2.75) is 70.0 Å². The van der Waals surface area contributed by atoms with Gasteiger partial charge in [0, 0.05) is 31.4 Å². The van der Waals surface area contributed by atoms with Gasteiger partial charge in [-0.2, -0.15) is 0 Å². The third kappa shape index (κ3) is 4.57. The number of rotatable bonds is 5. The molecular formula is C24H32ClN3O3. The quantitative estimate of drug-likeness (QED) is 0.737. The van der Waals surface area contributed by atoms with Crippen LogP contribution in [0, 0.1) is 5.41 Å². The number of ether oxygens (including phenoxy) is 2. The predicted molar refractivity (Wildman–Crippen MR) is 121 cm³/mol. The zero-order chi connectivity index (χ0) is 21.4. The number of methoxy groups -OCH3 is 1. The first kappa shape index (κ1) is 21.1. The van der Waals surface area contributed by atoms with Crippen LogP contribution in [0.2, 0.25) is 5.02 Å². The average Bonchev–Trinajstić information content (AvgIpc) is 3.41. The minimum absolute atomic E-state index is 0.0142. The third-order valence-electron chi connectivity index (χ3n) is 7.34. The van der Waals surface area contributed by atoms with Crippen LogP contribution in [0.3, 0.4) is 0 Å². The Bertz CT molecular complexity index is 862. The first-order chi connectivity index (χ1) is 15.0. The number of benzene rings is 1. The van der Waals surface area contributed by atoms with Crippen LogP contribution in [0.5, 0.6) is 5.75 Å². The van der Waals surface area contributed by atoms with Gasteiger partial charge in [-0.1, -0.05) is 17.7 Å². The maximum Gasteiger partial charge on any atom is 0.213 e. The molecule has 0 bridgehead atoms. The maximum absolute atomic E-state index is 9.94. The van der Waals surface area contributed by atoms with Gasteiger partial charge in [0.1, 0.15) is 12.4 Å². The van der Waals surface area contributed by atoms with Gasteiger partial charge in [0.2, 0.25) is 5.90 Å². The number of hydrogen-bond donors (Lipinski definition) is 1. The molecule has 168 valence electrons. The zero-order valence-corrected chi connectivity index (χ0v) is 18.9. The molecule has 6 nitrogen and oxygen atoms in total. The summed E-state index contributed by atoms with van der Waals surface area (Å²) < 4.78 is 11.3. The van der Waals surface area contributed by atoms with E-state index in [9.17, 15) is 5.11 Å². The summed E-state index contributed by atoms with van der Waals surface area (Å²) in [5.74, 6) is 1.33. The van der Waals surface area contributed by atoms with Gasteiger partial charge < -0.3 is 19.5 Å². The predicted octanol–water partition coefficient (Wildman–Crippen LogP) is 4.17. The highest BCUT2D eigenvalue weighted by molar-refractivity contribution is 6.32. The number of nitrogens with zero attached hydrogens (tertiary/aromatic N) is 3. The topological polar surface area (TPSA) is 57.5 Å². The molecule has 1 atom stereocenters. The van der Waals surface area contributed by atoms with E-state index in [0.717, 1.165) is 44.3 Å². The molecule has 2 heterocycles. The van der Waals surface area contributed by atoms with E-state index in [-0.39, 0.29) is 12.4 Å². The van der Waals surface area contributed by atoms with Gasteiger partial charge in [-0.25, -0.2) is 4.99 Å². The second-order valence-electron chi connectivity index (χ2n) is 9.52. The van der Waals surface area contributed by atoms with E-state index in [4.69, 9.17) is 26.1 Å². The summed E-state index contributed by atoms with van der Waals surface area (Å²) in [5.41, 5.74) is 1.53. The summed E-state index contributed by atoms with van der Waals surface area (Å²) >= 11 is 6.25. The molecule has 1 saturated heterocycles. The van der Waals surface area contributed by atoms with E-state index in [1.807, 2.05) is 24.3 Å². The molecule has 2 aliphatic heterocycles. The monoisotopic (exact) mass is 445 g/mol. The van der Waals surface area contributed by atoms with Crippen LogP contribution in [-0.2, 0) is 11.3 Å². The third-order valence-corrected chi connectivity index (χ3v) is 7.64. The fourth-order valence-electron chi connectivity index (χ4n) is 5.18. The van der Waals surface area contributed by atoms with Crippen LogP contribution >= 0.6 is 11.6 Å². The molecular weight excluding hydrogens is 414 g/mol. The number of aliphatic hydroxyl groups is 1. The molecule has 1 unspecified atom stereocenters. The molecule has 0 aromatic heterocycles. The van der Waals surface area contributed by atoms with Crippen LogP contribution in [0.4, 0.5) is 0 Å². The Labute approximate surface area is 189 Å². The van der Waals surface area contributed by atoms with Gasteiger partial charge in [0.15, 0.2) is 6.29 Å². The molecule has 7 heteroatoms. The Morgan fingerprint density at radius 3 is 2.68 bits per heavy atom. The van der Waals surface area contributed by atoms with Crippen LogP contribution in [-0.4, -0.2) is 59.4 Å². The van der Waals surface area contributed by atoms with Gasteiger partial charge in [-0.05, 0) is 68.1 Å². The first-order valence-corrected chi connectivity index (χ1v) is 11.8. The maximum atomic E-state index is 9.94. The smallest absolute Gasteiger partial charge is 0.213 e. The summed E-state index contributed by atoms with van der Waals surface area (Å²) in [4.78, 5) is 9.97. The number of aliphatic imine (C=N–C) groups is 1. The van der Waals surface area contributed by atoms with Crippen molar-refractivity contribution >= 4 is 17.5 Å². The van der Waals surface area contributed by atoms with Crippen molar-refractivity contribution in [3.63, 3.8) is 0 Å². The van der Waals surface area contributed by atoms with E-state index in [1.54, 1.807) is 7.11 Å². The minimum atomic E-state index is -0.149. The molecule has 1 aromatic rings. The van der Waals surface area contributed by atoms with E-state index in [0.29, 0.717) is 34.7 Å². The van der Waals surface area contributed by atoms with Crippen LogP contribution < -0.4 is 4.74 Å². The SMILES string of the molecule is COc1ccc(COC2=NC(N3CCC4(CC4)C3)N(C3CCC(O)CC3)C=C2)cc1Cl. The molecule has 0 amide bonds. The molecule has 1 spiro atoms. The molecule has 3 fully saturated rings. The van der Waals surface area contributed by atoms with Crippen molar-refractivity contribution in [1.82, 2.24) is 9.80 Å². The highest BCUT2D eigenvalue weighted by atomic mass is 35.5. The summed E-state index contributed by atoms with van der Waals surface area (Å²) in [6.07, 6.45) is 11.7. The number of likely N-dealkylation sites (tertiary alicyclic amines) is 1. The number of hydrogen-bond acceptors (Lipinski definition) is 6. The fourth-order valence-corrected chi connectivity index (χ4v) is 5.46. The minimum Gasteiger partial charge on any atom is -0.495 e. The molecule has 2 saturated carbocycles. The van der Waals surface area contributed by atoms with Crippen molar-refractivity contribution in [3.05, 3.63) is 41.1 Å². The molecule has 1 aromatic carbocycles. The van der Waals surface area contributed by atoms with Gasteiger partial charge in [0.25, 0.3) is 0 Å².